The zero-order valence-corrected chi connectivity index (χ0v) is 21.3. The van der Waals surface area contributed by atoms with E-state index in [9.17, 15) is 14.0 Å². The van der Waals surface area contributed by atoms with Crippen LogP contribution in [-0.2, 0) is 22.6 Å². The average molecular weight is 491 g/mol. The molecule has 0 saturated heterocycles. The summed E-state index contributed by atoms with van der Waals surface area (Å²) in [5.41, 5.74) is 3.44. The van der Waals surface area contributed by atoms with Crippen LogP contribution in [0.4, 0.5) is 4.39 Å². The predicted octanol–water partition coefficient (Wildman–Crippen LogP) is 5.38. The second-order valence-corrected chi connectivity index (χ2v) is 9.00. The molecule has 190 valence electrons. The van der Waals surface area contributed by atoms with Crippen molar-refractivity contribution in [3.05, 3.63) is 101 Å². The van der Waals surface area contributed by atoms with E-state index in [0.717, 1.165) is 29.5 Å². The van der Waals surface area contributed by atoms with Crippen LogP contribution in [-0.4, -0.2) is 35.9 Å². The molecule has 0 spiro atoms. The highest BCUT2D eigenvalue weighted by molar-refractivity contribution is 5.88. The maximum absolute atomic E-state index is 14.6. The van der Waals surface area contributed by atoms with E-state index in [1.54, 1.807) is 18.2 Å². The first-order chi connectivity index (χ1) is 17.4. The molecule has 0 aliphatic heterocycles. The highest BCUT2D eigenvalue weighted by Gasteiger charge is 2.31. The van der Waals surface area contributed by atoms with Gasteiger partial charge in [-0.25, -0.2) is 4.39 Å². The molecule has 5 nitrogen and oxygen atoms in total. The van der Waals surface area contributed by atoms with Crippen molar-refractivity contribution in [2.24, 2.45) is 0 Å². The molecular weight excluding hydrogens is 455 g/mol. The third kappa shape index (κ3) is 7.67. The molecule has 0 fully saturated rings. The van der Waals surface area contributed by atoms with Crippen LogP contribution < -0.4 is 10.1 Å². The normalized spacial score (nSPS) is 11.6. The number of hydrogen-bond donors (Lipinski definition) is 1. The smallest absolute Gasteiger partial charge is 0.261 e. The maximum atomic E-state index is 14.6. The summed E-state index contributed by atoms with van der Waals surface area (Å²) < 4.78 is 20.4. The second-order valence-electron chi connectivity index (χ2n) is 9.00. The largest absolute Gasteiger partial charge is 0.484 e. The number of amides is 2. The molecule has 0 aliphatic carbocycles. The average Bonchev–Trinajstić information content (AvgIpc) is 2.88. The van der Waals surface area contributed by atoms with Gasteiger partial charge in [0.05, 0.1) is 0 Å². The first-order valence-corrected chi connectivity index (χ1v) is 12.4. The van der Waals surface area contributed by atoms with Crippen molar-refractivity contribution >= 4 is 11.8 Å². The Kier molecular flexibility index (Phi) is 10.0. The topological polar surface area (TPSA) is 58.6 Å². The lowest BCUT2D eigenvalue weighted by Gasteiger charge is -2.31. The van der Waals surface area contributed by atoms with Crippen LogP contribution in [0.15, 0.2) is 72.8 Å². The van der Waals surface area contributed by atoms with Crippen LogP contribution in [0.1, 0.15) is 42.0 Å². The second kappa shape index (κ2) is 13.4. The summed E-state index contributed by atoms with van der Waals surface area (Å²) in [7, 11) is 0. The maximum Gasteiger partial charge on any atom is 0.261 e. The van der Waals surface area contributed by atoms with Gasteiger partial charge in [0.1, 0.15) is 17.6 Å². The number of hydrogen-bond acceptors (Lipinski definition) is 3. The molecule has 0 aliphatic rings. The van der Waals surface area contributed by atoms with Crippen LogP contribution in [0.3, 0.4) is 0 Å². The zero-order valence-electron chi connectivity index (χ0n) is 21.3. The Balaban J connectivity index is 1.89. The summed E-state index contributed by atoms with van der Waals surface area (Å²) in [5, 5.41) is 2.96. The first-order valence-electron chi connectivity index (χ1n) is 12.4. The van der Waals surface area contributed by atoms with Gasteiger partial charge < -0.3 is 15.0 Å². The predicted molar refractivity (Wildman–Crippen MR) is 140 cm³/mol. The number of ether oxygens (including phenoxy) is 1. The van der Waals surface area contributed by atoms with Crippen LogP contribution in [0.5, 0.6) is 5.75 Å². The molecule has 2 amide bonds. The molecule has 3 aromatic rings. The van der Waals surface area contributed by atoms with Gasteiger partial charge in [0.2, 0.25) is 5.91 Å². The van der Waals surface area contributed by atoms with Gasteiger partial charge >= 0.3 is 0 Å². The molecule has 0 heterocycles. The van der Waals surface area contributed by atoms with Gasteiger partial charge in [-0.2, -0.15) is 0 Å². The summed E-state index contributed by atoms with van der Waals surface area (Å²) in [4.78, 5) is 28.3. The van der Waals surface area contributed by atoms with E-state index in [-0.39, 0.29) is 25.0 Å². The van der Waals surface area contributed by atoms with Gasteiger partial charge in [0.25, 0.3) is 5.91 Å². The van der Waals surface area contributed by atoms with Crippen LogP contribution in [0.2, 0.25) is 0 Å². The number of rotatable bonds is 12. The Hall–Kier alpha value is -3.67. The number of nitrogens with zero attached hydrogens (tertiary/aromatic N) is 1. The summed E-state index contributed by atoms with van der Waals surface area (Å²) in [5.74, 6) is -0.495. The first kappa shape index (κ1) is 26.9. The molecule has 0 saturated carbocycles. The van der Waals surface area contributed by atoms with E-state index in [0.29, 0.717) is 24.3 Å². The lowest BCUT2D eigenvalue weighted by molar-refractivity contribution is -0.142. The summed E-state index contributed by atoms with van der Waals surface area (Å²) in [6.45, 7) is 6.25. The number of benzene rings is 3. The van der Waals surface area contributed by atoms with Crippen LogP contribution in [0, 0.1) is 19.7 Å². The minimum Gasteiger partial charge on any atom is -0.484 e. The molecule has 1 atom stereocenters. The van der Waals surface area contributed by atoms with Crippen LogP contribution >= 0.6 is 0 Å². The van der Waals surface area contributed by atoms with Crippen molar-refractivity contribution in [1.29, 1.82) is 0 Å². The van der Waals surface area contributed by atoms with Gasteiger partial charge in [-0.15, -0.1) is 0 Å². The molecule has 0 unspecified atom stereocenters. The number of nitrogens with one attached hydrogen (secondary N) is 1. The fraction of sp³-hybridized carbons (Fsp3) is 0.333. The fourth-order valence-electron chi connectivity index (χ4n) is 3.90. The van der Waals surface area contributed by atoms with Crippen LogP contribution in [0.25, 0.3) is 0 Å². The van der Waals surface area contributed by atoms with Gasteiger partial charge in [-0.1, -0.05) is 67.9 Å². The lowest BCUT2D eigenvalue weighted by Crippen LogP contribution is -2.52. The van der Waals surface area contributed by atoms with Crippen molar-refractivity contribution in [3.8, 4) is 5.75 Å². The molecule has 1 N–H and O–H groups in total. The molecule has 0 radical (unpaired) electrons. The monoisotopic (exact) mass is 490 g/mol. The third-order valence-electron chi connectivity index (χ3n) is 6.24. The fourth-order valence-corrected chi connectivity index (χ4v) is 3.90. The van der Waals surface area contributed by atoms with Crippen molar-refractivity contribution in [2.75, 3.05) is 13.2 Å². The van der Waals surface area contributed by atoms with E-state index < -0.39 is 11.9 Å². The van der Waals surface area contributed by atoms with Gasteiger partial charge in [0, 0.05) is 25.1 Å². The molecule has 6 heteroatoms. The van der Waals surface area contributed by atoms with E-state index in [4.69, 9.17) is 4.74 Å². The summed E-state index contributed by atoms with van der Waals surface area (Å²) in [6, 6.07) is 20.7. The SMILES string of the molecule is CCCCNC(=O)[C@H](Cc1ccccc1)N(Cc1ccccc1F)C(=O)COc1ccc(C)c(C)c1. The molecule has 0 aromatic heterocycles. The zero-order chi connectivity index (χ0) is 25.9. The summed E-state index contributed by atoms with van der Waals surface area (Å²) in [6.07, 6.45) is 2.08. The quantitative estimate of drug-likeness (QED) is 0.347. The molecule has 0 bridgehead atoms. The van der Waals surface area contributed by atoms with E-state index >= 15 is 0 Å². The lowest BCUT2D eigenvalue weighted by atomic mass is 10.0. The minimum absolute atomic E-state index is 0.0412. The number of carbonyl (C=O) groups excluding carboxylic acids is 2. The highest BCUT2D eigenvalue weighted by Crippen LogP contribution is 2.19. The van der Waals surface area contributed by atoms with Gasteiger partial charge in [-0.05, 0) is 55.2 Å². The Morgan fingerprint density at radius 3 is 2.39 bits per heavy atom. The van der Waals surface area contributed by atoms with Gasteiger partial charge in [-0.3, -0.25) is 9.59 Å². The number of halogens is 1. The molecular formula is C30H35FN2O3. The third-order valence-corrected chi connectivity index (χ3v) is 6.24. The Morgan fingerprint density at radius 1 is 0.972 bits per heavy atom. The Bertz CT molecular complexity index is 1150. The van der Waals surface area contributed by atoms with E-state index in [1.165, 1.54) is 11.0 Å². The van der Waals surface area contributed by atoms with Crippen molar-refractivity contribution in [1.82, 2.24) is 10.2 Å². The minimum atomic E-state index is -0.820. The Morgan fingerprint density at radius 2 is 1.69 bits per heavy atom. The van der Waals surface area contributed by atoms with Gasteiger partial charge in [0.15, 0.2) is 6.61 Å². The molecule has 3 rings (SSSR count). The Labute approximate surface area is 213 Å². The van der Waals surface area contributed by atoms with Crippen molar-refractivity contribution in [3.63, 3.8) is 0 Å². The number of unbranched alkanes of at least 4 members (excludes halogenated alkanes) is 1. The number of carbonyl (C=O) groups is 2. The molecule has 36 heavy (non-hydrogen) atoms. The molecule has 3 aromatic carbocycles. The van der Waals surface area contributed by atoms with Crippen molar-refractivity contribution in [2.45, 2.75) is 52.6 Å². The number of aryl methyl sites for hydroxylation is 2. The highest BCUT2D eigenvalue weighted by atomic mass is 19.1. The van der Waals surface area contributed by atoms with Crippen molar-refractivity contribution < 1.29 is 18.7 Å². The summed E-state index contributed by atoms with van der Waals surface area (Å²) >= 11 is 0. The standard InChI is InChI=1S/C30H35FN2O3/c1-4-5-17-32-30(35)28(19-24-11-7-6-8-12-24)33(20-25-13-9-10-14-27(25)31)29(34)21-36-26-16-15-22(2)23(3)18-26/h6-16,18,28H,4-5,17,19-21H2,1-3H3,(H,32,35)/t28-/m0/s1. The van der Waals surface area contributed by atoms with E-state index in [1.807, 2.05) is 69.3 Å². The van der Waals surface area contributed by atoms with E-state index in [2.05, 4.69) is 5.32 Å².